The van der Waals surface area contributed by atoms with Gasteiger partial charge in [0.25, 0.3) is 5.91 Å². The Hall–Kier alpha value is -1.64. The molecule has 1 unspecified atom stereocenters. The van der Waals surface area contributed by atoms with Crippen molar-refractivity contribution in [1.82, 2.24) is 10.2 Å². The number of rotatable bonds is 9. The molecule has 1 fully saturated rings. The van der Waals surface area contributed by atoms with Crippen molar-refractivity contribution in [1.29, 1.82) is 0 Å². The molecule has 1 atom stereocenters. The Bertz CT molecular complexity index is 890. The first-order valence-electron chi connectivity index (χ1n) is 9.86. The summed E-state index contributed by atoms with van der Waals surface area (Å²) >= 11 is 9.75. The quantitative estimate of drug-likeness (QED) is 0.569. The summed E-state index contributed by atoms with van der Waals surface area (Å²) in [4.78, 5) is 14.7. The first-order chi connectivity index (χ1) is 14.5. The van der Waals surface area contributed by atoms with E-state index in [2.05, 4.69) is 10.2 Å². The fraction of sp³-hybridized carbons (Fsp3) is 0.381. The molecule has 0 saturated carbocycles. The highest BCUT2D eigenvalue weighted by Gasteiger charge is 2.13. The van der Waals surface area contributed by atoms with Crippen molar-refractivity contribution in [2.24, 2.45) is 0 Å². The molecule has 162 valence electrons. The van der Waals surface area contributed by atoms with Gasteiger partial charge in [0.05, 0.1) is 10.0 Å². The number of anilines is 1. The van der Waals surface area contributed by atoms with Gasteiger partial charge in [0.2, 0.25) is 0 Å². The molecule has 30 heavy (non-hydrogen) atoms. The molecule has 1 heterocycles. The number of amides is 1. The lowest BCUT2D eigenvalue weighted by Gasteiger charge is -2.26. The maximum absolute atomic E-state index is 12.3. The van der Waals surface area contributed by atoms with E-state index in [9.17, 15) is 13.6 Å². The second-order valence-corrected chi connectivity index (χ2v) is 8.79. The standard InChI is InChI=1S/C21H25Cl2N3O3S/c22-19-5-3-4-16(20(19)23)10-14-26(30(28)29)18-8-6-17(7-9-18)21(27)24-11-15-25-12-1-2-13-25/h3-9H,1-2,10-15H2,(H,24,27)(H,28,29)/p-1. The molecule has 9 heteroatoms. The van der Waals surface area contributed by atoms with Crippen molar-refractivity contribution in [3.8, 4) is 0 Å². The molecule has 3 rings (SSSR count). The molecule has 6 nitrogen and oxygen atoms in total. The molecule has 1 saturated heterocycles. The van der Waals surface area contributed by atoms with Crippen LogP contribution in [0.2, 0.25) is 10.0 Å². The summed E-state index contributed by atoms with van der Waals surface area (Å²) < 4.78 is 24.7. The Kier molecular flexibility index (Phi) is 8.53. The van der Waals surface area contributed by atoms with E-state index in [1.165, 1.54) is 17.1 Å². The van der Waals surface area contributed by atoms with Crippen LogP contribution >= 0.6 is 23.2 Å². The highest BCUT2D eigenvalue weighted by molar-refractivity contribution is 7.80. The van der Waals surface area contributed by atoms with Crippen LogP contribution in [0.3, 0.4) is 0 Å². The van der Waals surface area contributed by atoms with Gasteiger partial charge >= 0.3 is 0 Å². The van der Waals surface area contributed by atoms with Gasteiger partial charge in [0.15, 0.2) is 0 Å². The minimum Gasteiger partial charge on any atom is -0.755 e. The smallest absolute Gasteiger partial charge is 0.251 e. The highest BCUT2D eigenvalue weighted by Crippen LogP contribution is 2.26. The van der Waals surface area contributed by atoms with E-state index in [1.807, 2.05) is 6.07 Å². The number of carbonyl (C=O) groups excluding carboxylic acids is 1. The van der Waals surface area contributed by atoms with Crippen LogP contribution in [0.5, 0.6) is 0 Å². The van der Waals surface area contributed by atoms with Gasteiger partial charge in [-0.15, -0.1) is 0 Å². The number of carbonyl (C=O) groups is 1. The van der Waals surface area contributed by atoms with Gasteiger partial charge in [-0.3, -0.25) is 9.00 Å². The Morgan fingerprint density at radius 3 is 2.50 bits per heavy atom. The van der Waals surface area contributed by atoms with Crippen LogP contribution in [0.1, 0.15) is 28.8 Å². The molecule has 1 amide bonds. The Morgan fingerprint density at radius 1 is 1.13 bits per heavy atom. The molecule has 1 N–H and O–H groups in total. The number of likely N-dealkylation sites (tertiary alicyclic amines) is 1. The van der Waals surface area contributed by atoms with Crippen LogP contribution in [-0.2, 0) is 17.7 Å². The lowest BCUT2D eigenvalue weighted by Crippen LogP contribution is -2.33. The van der Waals surface area contributed by atoms with E-state index in [0.717, 1.165) is 25.2 Å². The molecule has 2 aromatic carbocycles. The van der Waals surface area contributed by atoms with E-state index in [-0.39, 0.29) is 12.5 Å². The number of benzene rings is 2. The zero-order valence-electron chi connectivity index (χ0n) is 16.5. The molecular weight excluding hydrogens is 445 g/mol. The largest absolute Gasteiger partial charge is 0.755 e. The topological polar surface area (TPSA) is 75.7 Å². The molecule has 0 aromatic heterocycles. The van der Waals surface area contributed by atoms with Crippen LogP contribution in [0.25, 0.3) is 0 Å². The van der Waals surface area contributed by atoms with E-state index in [0.29, 0.717) is 34.3 Å². The summed E-state index contributed by atoms with van der Waals surface area (Å²) in [5.41, 5.74) is 1.75. The molecule has 1 aliphatic rings. The van der Waals surface area contributed by atoms with Gasteiger partial charge in [0, 0.05) is 42.2 Å². The maximum Gasteiger partial charge on any atom is 0.251 e. The second kappa shape index (κ2) is 11.1. The van der Waals surface area contributed by atoms with Crippen LogP contribution in [0.15, 0.2) is 42.5 Å². The van der Waals surface area contributed by atoms with Crippen molar-refractivity contribution in [3.63, 3.8) is 0 Å². The number of hydrogen-bond donors (Lipinski definition) is 1. The fourth-order valence-electron chi connectivity index (χ4n) is 3.47. The summed E-state index contributed by atoms with van der Waals surface area (Å²) in [6.45, 7) is 3.83. The Balaban J connectivity index is 1.58. The lowest BCUT2D eigenvalue weighted by atomic mass is 10.1. The normalized spacial score (nSPS) is 15.2. The summed E-state index contributed by atoms with van der Waals surface area (Å²) in [5.74, 6) is -0.166. The summed E-state index contributed by atoms with van der Waals surface area (Å²) in [5, 5.41) is 3.77. The summed E-state index contributed by atoms with van der Waals surface area (Å²) in [6, 6.07) is 11.8. The SMILES string of the molecule is O=C(NCCN1CCCC1)c1ccc(N(CCc2cccc(Cl)c2Cl)S(=O)[O-])cc1. The van der Waals surface area contributed by atoms with Crippen molar-refractivity contribution >= 4 is 46.1 Å². The third-order valence-electron chi connectivity index (χ3n) is 5.13. The van der Waals surface area contributed by atoms with E-state index >= 15 is 0 Å². The monoisotopic (exact) mass is 468 g/mol. The molecule has 0 radical (unpaired) electrons. The molecule has 0 aliphatic carbocycles. The predicted molar refractivity (Wildman–Crippen MR) is 121 cm³/mol. The summed E-state index contributed by atoms with van der Waals surface area (Å²) in [6.07, 6.45) is 2.85. The van der Waals surface area contributed by atoms with Crippen molar-refractivity contribution in [2.75, 3.05) is 37.0 Å². The molecule has 1 aliphatic heterocycles. The van der Waals surface area contributed by atoms with Gasteiger partial charge in [-0.2, -0.15) is 0 Å². The number of hydrogen-bond acceptors (Lipinski definition) is 4. The van der Waals surface area contributed by atoms with Crippen molar-refractivity contribution < 1.29 is 13.6 Å². The average Bonchev–Trinajstić information content (AvgIpc) is 3.25. The van der Waals surface area contributed by atoms with Gasteiger partial charge in [0.1, 0.15) is 0 Å². The minimum atomic E-state index is -2.46. The fourth-order valence-corrected chi connectivity index (χ4v) is 4.42. The van der Waals surface area contributed by atoms with E-state index in [4.69, 9.17) is 23.2 Å². The zero-order chi connectivity index (χ0) is 21.5. The van der Waals surface area contributed by atoms with E-state index < -0.39 is 11.3 Å². The number of nitrogens with zero attached hydrogens (tertiary/aromatic N) is 2. The first kappa shape index (κ1) is 23.0. The Labute approximate surface area is 189 Å². The van der Waals surface area contributed by atoms with Gasteiger partial charge < -0.3 is 19.1 Å². The van der Waals surface area contributed by atoms with Gasteiger partial charge in [-0.25, -0.2) is 0 Å². The van der Waals surface area contributed by atoms with Crippen molar-refractivity contribution in [2.45, 2.75) is 19.3 Å². The average molecular weight is 469 g/mol. The first-order valence-corrected chi connectivity index (χ1v) is 11.6. The molecule has 0 spiro atoms. The van der Waals surface area contributed by atoms with Crippen molar-refractivity contribution in [3.05, 3.63) is 63.6 Å². The molecular formula is C21H24Cl2N3O3S-. The number of halogens is 2. The lowest BCUT2D eigenvalue weighted by molar-refractivity contribution is 0.0950. The maximum atomic E-state index is 12.3. The van der Waals surface area contributed by atoms with Crippen LogP contribution in [-0.4, -0.2) is 52.3 Å². The van der Waals surface area contributed by atoms with Crippen LogP contribution in [0.4, 0.5) is 5.69 Å². The number of nitrogens with one attached hydrogen (secondary N) is 1. The summed E-state index contributed by atoms with van der Waals surface area (Å²) in [7, 11) is 0. The van der Waals surface area contributed by atoms with Crippen LogP contribution in [0, 0.1) is 0 Å². The van der Waals surface area contributed by atoms with E-state index in [1.54, 1.807) is 36.4 Å². The third kappa shape index (κ3) is 6.18. The molecule has 0 bridgehead atoms. The van der Waals surface area contributed by atoms with Crippen LogP contribution < -0.4 is 9.62 Å². The highest BCUT2D eigenvalue weighted by atomic mass is 35.5. The zero-order valence-corrected chi connectivity index (χ0v) is 18.8. The van der Waals surface area contributed by atoms with Gasteiger partial charge in [-0.05, 0) is 68.2 Å². The third-order valence-corrected chi connectivity index (χ3v) is 6.74. The minimum absolute atomic E-state index is 0.166. The van der Waals surface area contributed by atoms with Gasteiger partial charge in [-0.1, -0.05) is 35.3 Å². The molecule has 2 aromatic rings. The second-order valence-electron chi connectivity index (χ2n) is 7.13. The Morgan fingerprint density at radius 2 is 1.83 bits per heavy atom. The predicted octanol–water partition coefficient (Wildman–Crippen LogP) is 3.66.